The molecule has 1 amide bonds. The monoisotopic (exact) mass is 1150 g/mol. The van der Waals surface area contributed by atoms with Gasteiger partial charge in [0.25, 0.3) is 5.91 Å². The van der Waals surface area contributed by atoms with Crippen molar-refractivity contribution in [3.8, 4) is 44.9 Å². The fraction of sp³-hybridized carbons (Fsp3) is 0.400. The molecule has 0 saturated carbocycles. The molecule has 0 fully saturated rings. The molecular weight excluding hydrogens is 1050 g/mol. The van der Waals surface area contributed by atoms with Crippen LogP contribution in [0, 0.1) is 14.9 Å². The summed E-state index contributed by atoms with van der Waals surface area (Å²) in [5.74, 6) is 1.20. The first-order valence-electron chi connectivity index (χ1n) is 29.3. The number of hydrogen-bond acceptors (Lipinski definition) is 11. The lowest BCUT2D eigenvalue weighted by atomic mass is 9.90. The lowest BCUT2D eigenvalue weighted by Gasteiger charge is -2.25. The molecule has 2 heterocycles. The van der Waals surface area contributed by atoms with E-state index in [1.54, 1.807) is 33.3 Å². The molecule has 2 aliphatic carbocycles. The Kier molecular flexibility index (Phi) is 27.1. The molecule has 8 rings (SSSR count). The Hall–Kier alpha value is -7.36. The van der Waals surface area contributed by atoms with E-state index in [1.807, 2.05) is 48.5 Å². The number of fused-ring (bicyclic) bond motifs is 4. The van der Waals surface area contributed by atoms with Gasteiger partial charge in [-0.2, -0.15) is 0 Å². The molecule has 0 unspecified atom stereocenters. The Bertz CT molecular complexity index is 3440. The third kappa shape index (κ3) is 15.9. The summed E-state index contributed by atoms with van der Waals surface area (Å²) in [4.78, 5) is 33.7. The largest absolute Gasteiger partial charge is 0.462 e. The highest BCUT2D eigenvalue weighted by atomic mass is 16.5. The van der Waals surface area contributed by atoms with Crippen LogP contribution in [0.25, 0.3) is 66.8 Å². The number of nitrogens with zero attached hydrogens (tertiary/aromatic N) is 5. The molecule has 0 radical (unpaired) electrons. The van der Waals surface area contributed by atoms with Crippen LogP contribution in [0.1, 0.15) is 82.0 Å². The van der Waals surface area contributed by atoms with Crippen LogP contribution < -0.4 is 29.7 Å². The lowest BCUT2D eigenvalue weighted by molar-refractivity contribution is 0.0500. The van der Waals surface area contributed by atoms with E-state index in [2.05, 4.69) is 140 Å². The molecule has 0 aromatic heterocycles. The smallest absolute Gasteiger partial charge is 0.338 e. The van der Waals surface area contributed by atoms with Crippen molar-refractivity contribution >= 4 is 45.2 Å². The summed E-state index contributed by atoms with van der Waals surface area (Å²) >= 11 is 0. The predicted molar refractivity (Wildman–Crippen MR) is 346 cm³/mol. The maximum Gasteiger partial charge on any atom is 0.338 e. The number of methoxy groups -OCH3 is 4. The summed E-state index contributed by atoms with van der Waals surface area (Å²) in [6.07, 6.45) is 1.80. The molecular formula is C70H93N5O9. The second-order valence-electron chi connectivity index (χ2n) is 20.0. The molecule has 14 nitrogen and oxygen atoms in total. The van der Waals surface area contributed by atoms with E-state index in [0.29, 0.717) is 57.3 Å². The van der Waals surface area contributed by atoms with Gasteiger partial charge in [-0.25, -0.2) is 13.9 Å². The minimum Gasteiger partial charge on any atom is -0.462 e. The Morgan fingerprint density at radius 2 is 0.940 bits per heavy atom. The van der Waals surface area contributed by atoms with Crippen LogP contribution in [0.2, 0.25) is 0 Å². The molecule has 0 saturated heterocycles. The summed E-state index contributed by atoms with van der Waals surface area (Å²) in [5.41, 5.74) is 10.5. The van der Waals surface area contributed by atoms with Crippen molar-refractivity contribution in [2.45, 2.75) is 61.3 Å². The van der Waals surface area contributed by atoms with Crippen LogP contribution in [0.4, 0.5) is 11.4 Å². The Balaban J connectivity index is 0.000000300. The summed E-state index contributed by atoms with van der Waals surface area (Å²) < 4.78 is 44.8. The second-order valence-corrected chi connectivity index (χ2v) is 20.0. The summed E-state index contributed by atoms with van der Waals surface area (Å²) in [6, 6.07) is 41.0. The van der Waals surface area contributed by atoms with Crippen molar-refractivity contribution in [2.24, 2.45) is 0 Å². The molecule has 2 aliphatic heterocycles. The second kappa shape index (κ2) is 33.8. The number of rotatable bonds is 27. The fourth-order valence-corrected chi connectivity index (χ4v) is 10.7. The first-order chi connectivity index (χ1) is 40.1. The van der Waals surface area contributed by atoms with E-state index in [0.717, 1.165) is 154 Å². The van der Waals surface area contributed by atoms with Gasteiger partial charge < -0.3 is 62.1 Å². The Morgan fingerprint density at radius 3 is 1.43 bits per heavy atom. The van der Waals surface area contributed by atoms with E-state index < -0.39 is 0 Å². The molecule has 14 heteroatoms. The topological polar surface area (TPSA) is 122 Å². The number of carbonyl (C=O) groups excluding carboxylic acids is 2. The molecule has 0 atom stereocenters. The average Bonchev–Trinajstić information content (AvgIpc) is 3.65. The standard InChI is InChI=1S/C34H44N3O4.C34H43N2O5.2CH3/c1-7-35(8-2)25-15-17-29-31(23-25)41-32-24-26(36(9-3)10-4)16-18-30(32)33(29)27-13-11-12-14-28(27)34(38)37(19-21-39-5)20-22-40-6;1-6-9-20-40-34(37)28-13-11-10-12-27(28)33-29-16-14-25(35(7-2)18-21-38-4)23-31(29)41-32-24-26(15-17-30(32)33)36(8-3)19-22-39-5;;/h11-18,23-24H,7-10,19-22H2,1-6H3;10-17,23-24H,6-9,18-22H2,1-5H3;2*1H3/q2*+1;2*-1. The van der Waals surface area contributed by atoms with Gasteiger partial charge in [0.2, 0.25) is 10.7 Å². The van der Waals surface area contributed by atoms with Crippen LogP contribution in [-0.4, -0.2) is 144 Å². The van der Waals surface area contributed by atoms with Gasteiger partial charge in [0.05, 0.1) is 44.1 Å². The number of anilines is 2. The summed E-state index contributed by atoms with van der Waals surface area (Å²) in [7, 11) is 6.74. The third-order valence-electron chi connectivity index (χ3n) is 15.3. The summed E-state index contributed by atoms with van der Waals surface area (Å²) in [5, 5.41) is 4.10. The number of unbranched alkanes of at least 4 members (excludes halogenated alkanes) is 1. The van der Waals surface area contributed by atoms with Crippen LogP contribution in [0.15, 0.2) is 130 Å². The highest BCUT2D eigenvalue weighted by Crippen LogP contribution is 2.44. The fourth-order valence-electron chi connectivity index (χ4n) is 10.7. The molecule has 0 bridgehead atoms. The van der Waals surface area contributed by atoms with E-state index in [9.17, 15) is 9.59 Å². The first kappa shape index (κ1) is 67.4. The number of ether oxygens (including phenoxy) is 5. The van der Waals surface area contributed by atoms with Gasteiger partial charge in [0.1, 0.15) is 48.9 Å². The van der Waals surface area contributed by atoms with Gasteiger partial charge in [-0.3, -0.25) is 4.79 Å². The zero-order valence-electron chi connectivity index (χ0n) is 52.5. The molecule has 0 N–H and O–H groups in total. The summed E-state index contributed by atoms with van der Waals surface area (Å²) in [6.45, 7) is 25.4. The third-order valence-corrected chi connectivity index (χ3v) is 15.3. The van der Waals surface area contributed by atoms with Gasteiger partial charge in [-0.05, 0) is 108 Å². The van der Waals surface area contributed by atoms with Gasteiger partial charge in [0.15, 0.2) is 6.54 Å². The van der Waals surface area contributed by atoms with Gasteiger partial charge in [-0.1, -0.05) is 49.7 Å². The van der Waals surface area contributed by atoms with E-state index in [1.165, 1.54) is 0 Å². The minimum absolute atomic E-state index is 0. The normalized spacial score (nSPS) is 11.4. The highest BCUT2D eigenvalue weighted by molar-refractivity contribution is 6.10. The molecule has 84 heavy (non-hydrogen) atoms. The Labute approximate surface area is 500 Å². The van der Waals surface area contributed by atoms with Crippen molar-refractivity contribution in [3.63, 3.8) is 0 Å². The number of carbonyl (C=O) groups is 2. The lowest BCUT2D eigenvalue weighted by Crippen LogP contribution is -2.36. The molecule has 4 aliphatic rings. The minimum atomic E-state index is -0.308. The van der Waals surface area contributed by atoms with E-state index in [-0.39, 0.29) is 26.7 Å². The number of benzene rings is 6. The van der Waals surface area contributed by atoms with Crippen molar-refractivity contribution in [3.05, 3.63) is 158 Å². The van der Waals surface area contributed by atoms with Crippen LogP contribution >= 0.6 is 0 Å². The molecule has 4 aromatic rings. The SMILES string of the molecule is CCCCOC(=O)c1ccccc1-c1c2ccc(=[N+](CC)CCOC)cc-2oc2cc(N(CC)CCOC)ccc12.CCN(CC)c1ccc2c(-c3ccccc3C(=O)N(CCOC)CCOC)c3ccc(=[N+](CC)CC)cc-3oc2c1.[CH3-].[CH3-]. The van der Waals surface area contributed by atoms with Crippen molar-refractivity contribution in [2.75, 3.05) is 137 Å². The highest BCUT2D eigenvalue weighted by Gasteiger charge is 2.27. The van der Waals surface area contributed by atoms with E-state index in [4.69, 9.17) is 32.5 Å². The molecule has 452 valence electrons. The van der Waals surface area contributed by atoms with Crippen LogP contribution in [0.3, 0.4) is 0 Å². The number of likely N-dealkylation sites (N-methyl/N-ethyl adjacent to an activating group) is 2. The van der Waals surface area contributed by atoms with E-state index >= 15 is 0 Å². The number of esters is 1. The van der Waals surface area contributed by atoms with Crippen molar-refractivity contribution in [1.82, 2.24) is 14.1 Å². The van der Waals surface area contributed by atoms with Crippen LogP contribution in [-0.2, 0) is 23.7 Å². The first-order valence-corrected chi connectivity index (χ1v) is 29.3. The molecule has 0 spiro atoms. The van der Waals surface area contributed by atoms with Crippen LogP contribution in [0.5, 0.6) is 0 Å². The van der Waals surface area contributed by atoms with Crippen molar-refractivity contribution < 1.29 is 42.1 Å². The zero-order chi connectivity index (χ0) is 58.5. The quantitative estimate of drug-likeness (QED) is 0.0161. The predicted octanol–water partition coefficient (Wildman–Crippen LogP) is 12.6. The van der Waals surface area contributed by atoms with Crippen molar-refractivity contribution in [1.29, 1.82) is 0 Å². The van der Waals surface area contributed by atoms with Gasteiger partial charge in [0, 0.05) is 142 Å². The Morgan fingerprint density at radius 1 is 0.476 bits per heavy atom. The molecule has 4 aromatic carbocycles. The van der Waals surface area contributed by atoms with Gasteiger partial charge in [-0.15, -0.1) is 0 Å². The average molecular weight is 1150 g/mol. The zero-order valence-corrected chi connectivity index (χ0v) is 52.5. The maximum atomic E-state index is 14.0. The maximum absolute atomic E-state index is 14.0. The number of hydrogen-bond donors (Lipinski definition) is 0. The van der Waals surface area contributed by atoms with Gasteiger partial charge >= 0.3 is 5.97 Å². The number of amides is 1.